The second-order valence-corrected chi connectivity index (χ2v) is 2.49. The van der Waals surface area contributed by atoms with Gasteiger partial charge in [-0.1, -0.05) is 29.8 Å². The highest BCUT2D eigenvalue weighted by Crippen LogP contribution is 2.17. The summed E-state index contributed by atoms with van der Waals surface area (Å²) in [7, 11) is 0. The van der Waals surface area contributed by atoms with E-state index in [9.17, 15) is 0 Å². The molecule has 2 heteroatoms. The molecule has 1 aromatic heterocycles. The van der Waals surface area contributed by atoms with Gasteiger partial charge in [-0.25, -0.2) is 0 Å². The SMILES string of the molecule is [2H]c1c(Cl)[nH]c2ccccc12. The van der Waals surface area contributed by atoms with Crippen LogP contribution in [0.25, 0.3) is 10.9 Å². The van der Waals surface area contributed by atoms with Crippen LogP contribution in [0.15, 0.2) is 30.3 Å². The summed E-state index contributed by atoms with van der Waals surface area (Å²) in [6.45, 7) is 0. The Bertz CT molecular complexity index is 394. The Morgan fingerprint density at radius 2 is 2.20 bits per heavy atom. The molecule has 0 saturated carbocycles. The first-order chi connectivity index (χ1) is 5.29. The monoisotopic (exact) mass is 152 g/mol. The first-order valence-electron chi connectivity index (χ1n) is 3.52. The van der Waals surface area contributed by atoms with Crippen LogP contribution in [0, 0.1) is 0 Å². The molecule has 0 atom stereocenters. The van der Waals surface area contributed by atoms with Crippen molar-refractivity contribution in [3.05, 3.63) is 35.5 Å². The molecular formula is C8H6ClN. The van der Waals surface area contributed by atoms with E-state index in [0.717, 1.165) is 10.9 Å². The first-order valence-corrected chi connectivity index (χ1v) is 3.39. The summed E-state index contributed by atoms with van der Waals surface area (Å²) < 4.78 is 7.51. The number of para-hydroxylation sites is 1. The van der Waals surface area contributed by atoms with Gasteiger partial charge in [0.1, 0.15) is 5.15 Å². The number of aromatic nitrogens is 1. The smallest absolute Gasteiger partial charge is 0.107 e. The molecule has 1 aromatic carbocycles. The minimum atomic E-state index is 0.377. The molecule has 0 aliphatic heterocycles. The van der Waals surface area contributed by atoms with E-state index in [1.807, 2.05) is 24.3 Å². The zero-order valence-electron chi connectivity index (χ0n) is 6.19. The van der Waals surface area contributed by atoms with Gasteiger partial charge >= 0.3 is 0 Å². The molecular weight excluding hydrogens is 146 g/mol. The van der Waals surface area contributed by atoms with E-state index in [0.29, 0.717) is 11.2 Å². The number of hydrogen-bond donors (Lipinski definition) is 1. The molecule has 0 aliphatic rings. The van der Waals surface area contributed by atoms with Crippen molar-refractivity contribution in [2.45, 2.75) is 0 Å². The predicted octanol–water partition coefficient (Wildman–Crippen LogP) is 2.82. The standard InChI is InChI=1S/C8H6ClN/c9-8-5-6-3-1-2-4-7(6)10-8/h1-5,10H/i5D. The molecule has 0 radical (unpaired) electrons. The lowest BCUT2D eigenvalue weighted by Crippen LogP contribution is -1.62. The van der Waals surface area contributed by atoms with E-state index in [1.54, 1.807) is 0 Å². The van der Waals surface area contributed by atoms with Crippen LogP contribution in [-0.4, -0.2) is 4.98 Å². The van der Waals surface area contributed by atoms with Gasteiger partial charge in [-0.05, 0) is 12.1 Å². The molecule has 0 unspecified atom stereocenters. The second kappa shape index (κ2) is 2.03. The summed E-state index contributed by atoms with van der Waals surface area (Å²) in [5, 5.41) is 1.28. The summed E-state index contributed by atoms with van der Waals surface area (Å²) in [4.78, 5) is 2.90. The number of fused-ring (bicyclic) bond motifs is 1. The average Bonchev–Trinajstić information content (AvgIpc) is 2.30. The van der Waals surface area contributed by atoms with E-state index < -0.39 is 0 Å². The number of aromatic amines is 1. The normalized spacial score (nSPS) is 11.9. The molecule has 2 aromatic rings. The summed E-state index contributed by atoms with van der Waals surface area (Å²) in [6, 6.07) is 7.96. The van der Waals surface area contributed by atoms with Gasteiger partial charge in [-0.2, -0.15) is 0 Å². The third-order valence-corrected chi connectivity index (χ3v) is 1.60. The van der Waals surface area contributed by atoms with Crippen LogP contribution in [-0.2, 0) is 0 Å². The Balaban J connectivity index is 2.92. The number of hydrogen-bond acceptors (Lipinski definition) is 0. The van der Waals surface area contributed by atoms with Gasteiger partial charge in [0.15, 0.2) is 0 Å². The Hall–Kier alpha value is -0.950. The van der Waals surface area contributed by atoms with Gasteiger partial charge in [-0.15, -0.1) is 0 Å². The highest BCUT2D eigenvalue weighted by Gasteiger charge is 1.93. The van der Waals surface area contributed by atoms with Crippen molar-refractivity contribution < 1.29 is 1.37 Å². The van der Waals surface area contributed by atoms with E-state index in [2.05, 4.69) is 4.98 Å². The fraction of sp³-hybridized carbons (Fsp3) is 0. The van der Waals surface area contributed by atoms with Gasteiger partial charge in [0.05, 0.1) is 1.37 Å². The third-order valence-electron chi connectivity index (χ3n) is 1.42. The number of benzene rings is 1. The fourth-order valence-corrected chi connectivity index (χ4v) is 1.17. The van der Waals surface area contributed by atoms with Crippen LogP contribution in [0.3, 0.4) is 0 Å². The van der Waals surface area contributed by atoms with E-state index in [1.165, 1.54) is 0 Å². The molecule has 0 saturated heterocycles. The molecule has 1 heterocycles. The summed E-state index contributed by atoms with van der Waals surface area (Å²) in [6.07, 6.45) is 0. The number of H-pyrrole nitrogens is 1. The second-order valence-electron chi connectivity index (χ2n) is 2.11. The van der Waals surface area contributed by atoms with Crippen LogP contribution >= 0.6 is 11.6 Å². The van der Waals surface area contributed by atoms with Crippen LogP contribution in [0.1, 0.15) is 1.37 Å². The molecule has 0 amide bonds. The summed E-state index contributed by atoms with van der Waals surface area (Å²) in [5.74, 6) is 0. The van der Waals surface area contributed by atoms with Crippen molar-refractivity contribution in [1.29, 1.82) is 0 Å². The van der Waals surface area contributed by atoms with Crippen molar-refractivity contribution in [3.63, 3.8) is 0 Å². The fourth-order valence-electron chi connectivity index (χ4n) is 0.969. The minimum Gasteiger partial charge on any atom is -0.346 e. The Morgan fingerprint density at radius 1 is 1.40 bits per heavy atom. The Labute approximate surface area is 65.0 Å². The van der Waals surface area contributed by atoms with Crippen molar-refractivity contribution in [3.8, 4) is 0 Å². The van der Waals surface area contributed by atoms with Crippen LogP contribution < -0.4 is 0 Å². The molecule has 10 heavy (non-hydrogen) atoms. The molecule has 1 nitrogen and oxygen atoms in total. The molecule has 1 N–H and O–H groups in total. The summed E-state index contributed by atoms with van der Waals surface area (Å²) in [5.41, 5.74) is 0.919. The Kier molecular flexibility index (Phi) is 0.974. The lowest BCUT2D eigenvalue weighted by molar-refractivity contribution is 1.48. The zero-order valence-corrected chi connectivity index (χ0v) is 5.94. The van der Waals surface area contributed by atoms with E-state index >= 15 is 0 Å². The Morgan fingerprint density at radius 3 is 3.00 bits per heavy atom. The third kappa shape index (κ3) is 0.792. The predicted molar refractivity (Wildman–Crippen MR) is 43.3 cm³/mol. The number of nitrogens with one attached hydrogen (secondary N) is 1. The number of rotatable bonds is 0. The lowest BCUT2D eigenvalue weighted by Gasteiger charge is -1.83. The van der Waals surface area contributed by atoms with Crippen molar-refractivity contribution >= 4 is 22.5 Å². The van der Waals surface area contributed by atoms with Crippen LogP contribution in [0.2, 0.25) is 5.15 Å². The van der Waals surface area contributed by atoms with Gasteiger partial charge < -0.3 is 4.98 Å². The molecule has 0 spiro atoms. The lowest BCUT2D eigenvalue weighted by atomic mass is 10.3. The first kappa shape index (κ1) is 4.80. The number of halogens is 1. The maximum Gasteiger partial charge on any atom is 0.107 e. The van der Waals surface area contributed by atoms with E-state index in [-0.39, 0.29) is 0 Å². The average molecular weight is 153 g/mol. The van der Waals surface area contributed by atoms with Gasteiger partial charge in [-0.3, -0.25) is 0 Å². The van der Waals surface area contributed by atoms with Crippen molar-refractivity contribution in [2.75, 3.05) is 0 Å². The highest BCUT2D eigenvalue weighted by atomic mass is 35.5. The highest BCUT2D eigenvalue weighted by molar-refractivity contribution is 6.30. The minimum absolute atomic E-state index is 0.377. The molecule has 50 valence electrons. The summed E-state index contributed by atoms with van der Waals surface area (Å²) >= 11 is 5.71. The molecule has 2 rings (SSSR count). The topological polar surface area (TPSA) is 15.8 Å². The zero-order chi connectivity index (χ0) is 7.84. The van der Waals surface area contributed by atoms with Gasteiger partial charge in [0, 0.05) is 10.9 Å². The van der Waals surface area contributed by atoms with Crippen molar-refractivity contribution in [1.82, 2.24) is 4.98 Å². The largest absolute Gasteiger partial charge is 0.346 e. The van der Waals surface area contributed by atoms with Crippen molar-refractivity contribution in [2.24, 2.45) is 0 Å². The quantitative estimate of drug-likeness (QED) is 0.598. The van der Waals surface area contributed by atoms with E-state index in [4.69, 9.17) is 13.0 Å². The van der Waals surface area contributed by atoms with Gasteiger partial charge in [0.25, 0.3) is 0 Å². The molecule has 0 bridgehead atoms. The molecule has 0 aliphatic carbocycles. The van der Waals surface area contributed by atoms with Crippen LogP contribution in [0.5, 0.6) is 0 Å². The van der Waals surface area contributed by atoms with Crippen LogP contribution in [0.4, 0.5) is 0 Å². The maximum atomic E-state index is 7.51. The molecule has 0 fully saturated rings. The maximum absolute atomic E-state index is 7.51. The van der Waals surface area contributed by atoms with Gasteiger partial charge in [0.2, 0.25) is 0 Å².